The number of nitrogens with one attached hydrogen (secondary N) is 1. The van der Waals surface area contributed by atoms with Gasteiger partial charge < -0.3 is 5.32 Å². The molecular formula is C12H19N5S. The standard InChI is InChI=1S/C12H19N5S/c1-4-5-13-6-12-15-11(8-18-12)7-17-10(3)14-9(2)16-17/h8,13H,4-7H2,1-3H3. The van der Waals surface area contributed by atoms with Crippen LogP contribution in [0.1, 0.15) is 35.7 Å². The summed E-state index contributed by atoms with van der Waals surface area (Å²) < 4.78 is 1.90. The van der Waals surface area contributed by atoms with Crippen LogP contribution in [0.4, 0.5) is 0 Å². The molecule has 0 aliphatic heterocycles. The number of thiazole rings is 1. The van der Waals surface area contributed by atoms with Crippen LogP contribution in [0.2, 0.25) is 0 Å². The van der Waals surface area contributed by atoms with Crippen LogP contribution < -0.4 is 5.32 Å². The predicted octanol–water partition coefficient (Wildman–Crippen LogP) is 1.90. The van der Waals surface area contributed by atoms with Gasteiger partial charge in [-0.25, -0.2) is 14.6 Å². The van der Waals surface area contributed by atoms with Crippen molar-refractivity contribution in [1.29, 1.82) is 0 Å². The molecule has 98 valence electrons. The number of hydrogen-bond donors (Lipinski definition) is 1. The maximum Gasteiger partial charge on any atom is 0.147 e. The van der Waals surface area contributed by atoms with E-state index >= 15 is 0 Å². The molecule has 0 fully saturated rings. The molecule has 2 rings (SSSR count). The molecule has 0 aliphatic carbocycles. The fourth-order valence-corrected chi connectivity index (χ4v) is 2.49. The van der Waals surface area contributed by atoms with E-state index in [9.17, 15) is 0 Å². The van der Waals surface area contributed by atoms with Gasteiger partial charge in [-0.3, -0.25) is 0 Å². The average Bonchev–Trinajstić information content (AvgIpc) is 2.88. The molecule has 2 aromatic rings. The van der Waals surface area contributed by atoms with E-state index in [4.69, 9.17) is 0 Å². The SMILES string of the molecule is CCCNCc1nc(Cn2nc(C)nc2C)cs1. The molecule has 0 atom stereocenters. The van der Waals surface area contributed by atoms with Crippen molar-refractivity contribution in [2.45, 2.75) is 40.3 Å². The summed E-state index contributed by atoms with van der Waals surface area (Å²) in [5.74, 6) is 1.75. The van der Waals surface area contributed by atoms with Crippen LogP contribution >= 0.6 is 11.3 Å². The zero-order valence-corrected chi connectivity index (χ0v) is 11.9. The van der Waals surface area contributed by atoms with E-state index in [1.807, 2.05) is 18.5 Å². The van der Waals surface area contributed by atoms with E-state index in [-0.39, 0.29) is 0 Å². The molecule has 2 aromatic heterocycles. The van der Waals surface area contributed by atoms with Crippen LogP contribution in [0.5, 0.6) is 0 Å². The van der Waals surface area contributed by atoms with Crippen LogP contribution in [-0.2, 0) is 13.1 Å². The molecule has 0 saturated carbocycles. The highest BCUT2D eigenvalue weighted by atomic mass is 32.1. The van der Waals surface area contributed by atoms with E-state index in [2.05, 4.69) is 32.7 Å². The van der Waals surface area contributed by atoms with Gasteiger partial charge in [0.2, 0.25) is 0 Å². The van der Waals surface area contributed by atoms with Gasteiger partial charge in [0.25, 0.3) is 0 Å². The molecular weight excluding hydrogens is 246 g/mol. The first-order chi connectivity index (χ1) is 8.69. The summed E-state index contributed by atoms with van der Waals surface area (Å²) in [5.41, 5.74) is 1.06. The molecule has 0 amide bonds. The summed E-state index contributed by atoms with van der Waals surface area (Å²) in [6, 6.07) is 0. The van der Waals surface area contributed by atoms with Gasteiger partial charge in [-0.05, 0) is 26.8 Å². The minimum Gasteiger partial charge on any atom is -0.310 e. The molecule has 18 heavy (non-hydrogen) atoms. The lowest BCUT2D eigenvalue weighted by atomic mass is 10.4. The third kappa shape index (κ3) is 3.36. The number of nitrogens with zero attached hydrogens (tertiary/aromatic N) is 4. The maximum atomic E-state index is 4.60. The highest BCUT2D eigenvalue weighted by Gasteiger charge is 2.06. The average molecular weight is 265 g/mol. The van der Waals surface area contributed by atoms with E-state index in [0.29, 0.717) is 6.54 Å². The molecule has 0 unspecified atom stereocenters. The molecule has 0 spiro atoms. The molecule has 0 saturated heterocycles. The van der Waals surface area contributed by atoms with Crippen molar-refractivity contribution in [2.75, 3.05) is 6.54 Å². The van der Waals surface area contributed by atoms with Crippen LogP contribution in [-0.4, -0.2) is 26.3 Å². The van der Waals surface area contributed by atoms with Crippen LogP contribution in [0.25, 0.3) is 0 Å². The van der Waals surface area contributed by atoms with Gasteiger partial charge in [-0.1, -0.05) is 6.92 Å². The number of aryl methyl sites for hydroxylation is 2. The van der Waals surface area contributed by atoms with Crippen LogP contribution in [0.3, 0.4) is 0 Å². The van der Waals surface area contributed by atoms with Crippen LogP contribution in [0, 0.1) is 13.8 Å². The first kappa shape index (κ1) is 13.2. The zero-order chi connectivity index (χ0) is 13.0. The summed E-state index contributed by atoms with van der Waals surface area (Å²) in [5, 5.41) is 10.9. The van der Waals surface area contributed by atoms with Gasteiger partial charge >= 0.3 is 0 Å². The monoisotopic (exact) mass is 265 g/mol. The number of aromatic nitrogens is 4. The number of hydrogen-bond acceptors (Lipinski definition) is 5. The Morgan fingerprint density at radius 3 is 2.83 bits per heavy atom. The van der Waals surface area contributed by atoms with Crippen molar-refractivity contribution in [2.24, 2.45) is 0 Å². The Bertz CT molecular complexity index is 502. The Kier molecular flexibility index (Phi) is 4.43. The Hall–Kier alpha value is -1.27. The highest BCUT2D eigenvalue weighted by Crippen LogP contribution is 2.11. The van der Waals surface area contributed by atoms with E-state index in [0.717, 1.165) is 41.9 Å². The summed E-state index contributed by atoms with van der Waals surface area (Å²) in [4.78, 5) is 8.88. The lowest BCUT2D eigenvalue weighted by Gasteiger charge is -2.00. The summed E-state index contributed by atoms with van der Waals surface area (Å²) >= 11 is 1.70. The second-order valence-electron chi connectivity index (χ2n) is 4.27. The van der Waals surface area contributed by atoms with E-state index in [1.54, 1.807) is 11.3 Å². The van der Waals surface area contributed by atoms with Gasteiger partial charge in [0, 0.05) is 11.9 Å². The summed E-state index contributed by atoms with van der Waals surface area (Å²) in [6.45, 7) is 8.64. The van der Waals surface area contributed by atoms with Crippen molar-refractivity contribution in [3.8, 4) is 0 Å². The molecule has 2 heterocycles. The van der Waals surface area contributed by atoms with Gasteiger partial charge in [0.05, 0.1) is 12.2 Å². The fraction of sp³-hybridized carbons (Fsp3) is 0.583. The maximum absolute atomic E-state index is 4.60. The summed E-state index contributed by atoms with van der Waals surface area (Å²) in [6.07, 6.45) is 1.15. The summed E-state index contributed by atoms with van der Waals surface area (Å²) in [7, 11) is 0. The van der Waals surface area contributed by atoms with Crippen molar-refractivity contribution in [3.63, 3.8) is 0 Å². The Morgan fingerprint density at radius 2 is 2.17 bits per heavy atom. The molecule has 0 radical (unpaired) electrons. The van der Waals surface area contributed by atoms with Gasteiger partial charge in [-0.2, -0.15) is 5.10 Å². The largest absolute Gasteiger partial charge is 0.310 e. The normalized spacial score (nSPS) is 11.1. The molecule has 0 aliphatic rings. The zero-order valence-electron chi connectivity index (χ0n) is 11.1. The quantitative estimate of drug-likeness (QED) is 0.811. The van der Waals surface area contributed by atoms with Gasteiger partial charge in [0.1, 0.15) is 16.7 Å². The third-order valence-electron chi connectivity index (χ3n) is 2.58. The third-order valence-corrected chi connectivity index (χ3v) is 3.47. The lowest BCUT2D eigenvalue weighted by molar-refractivity contribution is 0.638. The molecule has 6 heteroatoms. The van der Waals surface area contributed by atoms with Crippen molar-refractivity contribution >= 4 is 11.3 Å². The Labute approximate surface area is 111 Å². The highest BCUT2D eigenvalue weighted by molar-refractivity contribution is 7.09. The smallest absolute Gasteiger partial charge is 0.147 e. The Balaban J connectivity index is 1.96. The molecule has 1 N–H and O–H groups in total. The van der Waals surface area contributed by atoms with Crippen molar-refractivity contribution in [3.05, 3.63) is 27.7 Å². The first-order valence-corrected chi connectivity index (χ1v) is 7.09. The molecule has 0 bridgehead atoms. The number of rotatable bonds is 6. The van der Waals surface area contributed by atoms with Crippen molar-refractivity contribution in [1.82, 2.24) is 25.1 Å². The predicted molar refractivity (Wildman–Crippen MR) is 72.7 cm³/mol. The molecule has 5 nitrogen and oxygen atoms in total. The van der Waals surface area contributed by atoms with Gasteiger partial charge in [-0.15, -0.1) is 11.3 Å². The Morgan fingerprint density at radius 1 is 1.33 bits per heavy atom. The van der Waals surface area contributed by atoms with Crippen molar-refractivity contribution < 1.29 is 0 Å². The minimum absolute atomic E-state index is 0.705. The molecule has 0 aromatic carbocycles. The van der Waals surface area contributed by atoms with Crippen LogP contribution in [0.15, 0.2) is 5.38 Å². The lowest BCUT2D eigenvalue weighted by Crippen LogP contribution is -2.13. The first-order valence-electron chi connectivity index (χ1n) is 6.21. The van der Waals surface area contributed by atoms with E-state index < -0.39 is 0 Å². The minimum atomic E-state index is 0.705. The second kappa shape index (κ2) is 6.06. The van der Waals surface area contributed by atoms with Gasteiger partial charge in [0.15, 0.2) is 0 Å². The fourth-order valence-electron chi connectivity index (χ4n) is 1.74. The second-order valence-corrected chi connectivity index (χ2v) is 5.22. The topological polar surface area (TPSA) is 55.6 Å². The van der Waals surface area contributed by atoms with E-state index in [1.165, 1.54) is 0 Å².